The molecule has 0 fully saturated rings. The number of nitrogen functional groups attached to an aromatic ring is 1. The predicted octanol–water partition coefficient (Wildman–Crippen LogP) is 1.28. The maximum absolute atomic E-state index is 12.1. The van der Waals surface area contributed by atoms with Gasteiger partial charge in [-0.1, -0.05) is 11.6 Å². The second-order valence-electron chi connectivity index (χ2n) is 4.79. The van der Waals surface area contributed by atoms with Crippen LogP contribution in [0.2, 0.25) is 5.02 Å². The molecule has 0 saturated heterocycles. The number of aliphatic hydroxyl groups is 1. The van der Waals surface area contributed by atoms with Crippen LogP contribution >= 0.6 is 11.6 Å². The summed E-state index contributed by atoms with van der Waals surface area (Å²) in [5.74, 6) is 0. The Morgan fingerprint density at radius 3 is 2.44 bits per heavy atom. The molecule has 1 rings (SSSR count). The molecule has 0 saturated carbocycles. The molecule has 0 aliphatic heterocycles. The van der Waals surface area contributed by atoms with Crippen molar-refractivity contribution in [3.8, 4) is 0 Å². The van der Waals surface area contributed by atoms with Crippen molar-refractivity contribution < 1.29 is 13.5 Å². The van der Waals surface area contributed by atoms with Gasteiger partial charge in [-0.15, -0.1) is 0 Å². The number of hydrogen-bond donors (Lipinski definition) is 3. The van der Waals surface area contributed by atoms with Crippen LogP contribution in [0.25, 0.3) is 0 Å². The SMILES string of the molecule is Cc1cc(S(=O)(=O)NC(C)(C)CO)cc(N)c1Cl. The van der Waals surface area contributed by atoms with E-state index in [1.165, 1.54) is 12.1 Å². The van der Waals surface area contributed by atoms with Crippen LogP contribution in [0.3, 0.4) is 0 Å². The van der Waals surface area contributed by atoms with Gasteiger partial charge >= 0.3 is 0 Å². The van der Waals surface area contributed by atoms with Gasteiger partial charge in [-0.05, 0) is 38.5 Å². The molecule has 102 valence electrons. The highest BCUT2D eigenvalue weighted by Crippen LogP contribution is 2.27. The van der Waals surface area contributed by atoms with Crippen molar-refractivity contribution in [2.75, 3.05) is 12.3 Å². The van der Waals surface area contributed by atoms with Crippen molar-refractivity contribution in [1.29, 1.82) is 0 Å². The van der Waals surface area contributed by atoms with Gasteiger partial charge in [-0.2, -0.15) is 0 Å². The molecule has 1 aromatic rings. The van der Waals surface area contributed by atoms with Gasteiger partial charge in [0.05, 0.1) is 27.8 Å². The summed E-state index contributed by atoms with van der Waals surface area (Å²) in [6.07, 6.45) is 0. The lowest BCUT2D eigenvalue weighted by Gasteiger charge is -2.23. The van der Waals surface area contributed by atoms with Crippen LogP contribution < -0.4 is 10.5 Å². The first kappa shape index (κ1) is 15.2. The van der Waals surface area contributed by atoms with Crippen LogP contribution in [0.4, 0.5) is 5.69 Å². The van der Waals surface area contributed by atoms with Gasteiger partial charge in [-0.3, -0.25) is 0 Å². The summed E-state index contributed by atoms with van der Waals surface area (Å²) in [5, 5.41) is 9.43. The van der Waals surface area contributed by atoms with E-state index in [4.69, 9.17) is 22.4 Å². The lowest BCUT2D eigenvalue weighted by molar-refractivity contribution is 0.208. The minimum atomic E-state index is -3.74. The molecule has 0 aliphatic carbocycles. The molecule has 0 aliphatic rings. The van der Waals surface area contributed by atoms with E-state index in [9.17, 15) is 8.42 Å². The fourth-order valence-corrected chi connectivity index (χ4v) is 3.01. The fraction of sp³-hybridized carbons (Fsp3) is 0.455. The Morgan fingerprint density at radius 2 is 2.00 bits per heavy atom. The van der Waals surface area contributed by atoms with Crippen molar-refractivity contribution in [3.63, 3.8) is 0 Å². The van der Waals surface area contributed by atoms with Crippen molar-refractivity contribution in [2.45, 2.75) is 31.2 Å². The average molecular weight is 293 g/mol. The lowest BCUT2D eigenvalue weighted by atomic mass is 10.1. The van der Waals surface area contributed by atoms with Crippen LogP contribution in [0, 0.1) is 6.92 Å². The molecule has 0 radical (unpaired) electrons. The minimum Gasteiger partial charge on any atom is -0.397 e. The highest BCUT2D eigenvalue weighted by atomic mass is 35.5. The molecule has 0 aromatic heterocycles. The van der Waals surface area contributed by atoms with E-state index in [0.29, 0.717) is 10.6 Å². The standard InChI is InChI=1S/C11H17ClN2O3S/c1-7-4-8(5-9(13)10(7)12)18(16,17)14-11(2,3)6-15/h4-5,14-15H,6,13H2,1-3H3. The molecule has 0 spiro atoms. The topological polar surface area (TPSA) is 92.4 Å². The van der Waals surface area contributed by atoms with Crippen molar-refractivity contribution in [1.82, 2.24) is 4.72 Å². The van der Waals surface area contributed by atoms with Crippen LogP contribution in [0.1, 0.15) is 19.4 Å². The Balaban J connectivity index is 3.22. The van der Waals surface area contributed by atoms with Crippen LogP contribution in [0.5, 0.6) is 0 Å². The van der Waals surface area contributed by atoms with Crippen LogP contribution in [-0.2, 0) is 10.0 Å². The third-order valence-electron chi connectivity index (χ3n) is 2.37. The molecule has 0 amide bonds. The second-order valence-corrected chi connectivity index (χ2v) is 6.85. The quantitative estimate of drug-likeness (QED) is 0.729. The number of rotatable bonds is 4. The predicted molar refractivity (Wildman–Crippen MR) is 72.1 cm³/mol. The maximum atomic E-state index is 12.1. The van der Waals surface area contributed by atoms with Gasteiger partial charge in [0, 0.05) is 0 Å². The van der Waals surface area contributed by atoms with E-state index >= 15 is 0 Å². The van der Waals surface area contributed by atoms with E-state index in [1.54, 1.807) is 20.8 Å². The Bertz CT molecular complexity index is 532. The number of hydrogen-bond acceptors (Lipinski definition) is 4. The third-order valence-corrected chi connectivity index (χ3v) is 4.57. The highest BCUT2D eigenvalue weighted by Gasteiger charge is 2.26. The van der Waals surface area contributed by atoms with E-state index in [0.717, 1.165) is 0 Å². The molecule has 4 N–H and O–H groups in total. The summed E-state index contributed by atoms with van der Waals surface area (Å²) in [5.41, 5.74) is 5.49. The molecule has 18 heavy (non-hydrogen) atoms. The van der Waals surface area contributed by atoms with Crippen molar-refractivity contribution in [3.05, 3.63) is 22.7 Å². The first-order chi connectivity index (χ1) is 8.09. The molecule has 0 unspecified atom stereocenters. The Kier molecular flexibility index (Phi) is 4.27. The summed E-state index contributed by atoms with van der Waals surface area (Å²) in [6.45, 7) is 4.52. The van der Waals surface area contributed by atoms with Gasteiger partial charge < -0.3 is 10.8 Å². The summed E-state index contributed by atoms with van der Waals surface area (Å²) >= 11 is 5.88. The summed E-state index contributed by atoms with van der Waals surface area (Å²) in [6, 6.07) is 2.74. The zero-order chi connectivity index (χ0) is 14.1. The lowest BCUT2D eigenvalue weighted by Crippen LogP contribution is -2.46. The minimum absolute atomic E-state index is 0.0309. The monoisotopic (exact) mass is 292 g/mol. The zero-order valence-corrected chi connectivity index (χ0v) is 12.1. The van der Waals surface area contributed by atoms with Gasteiger partial charge in [0.2, 0.25) is 10.0 Å². The third kappa shape index (κ3) is 3.35. The second kappa shape index (κ2) is 5.05. The van der Waals surface area contributed by atoms with Gasteiger partial charge in [0.25, 0.3) is 0 Å². The first-order valence-electron chi connectivity index (χ1n) is 5.29. The van der Waals surface area contributed by atoms with Gasteiger partial charge in [0.15, 0.2) is 0 Å². The van der Waals surface area contributed by atoms with Crippen LogP contribution in [0.15, 0.2) is 17.0 Å². The summed E-state index contributed by atoms with van der Waals surface area (Å²) < 4.78 is 26.6. The number of sulfonamides is 1. The van der Waals surface area contributed by atoms with Gasteiger partial charge in [0.1, 0.15) is 0 Å². The Hall–Kier alpha value is -0.820. The summed E-state index contributed by atoms with van der Waals surface area (Å²) in [4.78, 5) is 0.0309. The Morgan fingerprint density at radius 1 is 1.44 bits per heavy atom. The number of anilines is 1. The number of nitrogens with two attached hydrogens (primary N) is 1. The molecule has 0 atom stereocenters. The molecule has 7 heteroatoms. The van der Waals surface area contributed by atoms with E-state index < -0.39 is 15.6 Å². The average Bonchev–Trinajstić information content (AvgIpc) is 2.23. The molecule has 1 aromatic carbocycles. The highest BCUT2D eigenvalue weighted by molar-refractivity contribution is 7.89. The number of nitrogens with one attached hydrogen (secondary N) is 1. The Labute approximate surface area is 112 Å². The van der Waals surface area contributed by atoms with Crippen molar-refractivity contribution >= 4 is 27.3 Å². The number of halogens is 1. The van der Waals surface area contributed by atoms with Crippen molar-refractivity contribution in [2.24, 2.45) is 0 Å². The van der Waals surface area contributed by atoms with E-state index in [-0.39, 0.29) is 17.2 Å². The molecular formula is C11H17ClN2O3S. The number of aliphatic hydroxyl groups excluding tert-OH is 1. The summed E-state index contributed by atoms with van der Waals surface area (Å²) in [7, 11) is -3.74. The van der Waals surface area contributed by atoms with E-state index in [2.05, 4.69) is 4.72 Å². The zero-order valence-electron chi connectivity index (χ0n) is 10.5. The number of benzene rings is 1. The molecular weight excluding hydrogens is 276 g/mol. The van der Waals surface area contributed by atoms with E-state index in [1.807, 2.05) is 0 Å². The largest absolute Gasteiger partial charge is 0.397 e. The fourth-order valence-electron chi connectivity index (χ4n) is 1.37. The molecule has 0 heterocycles. The van der Waals surface area contributed by atoms with Gasteiger partial charge in [-0.25, -0.2) is 13.1 Å². The first-order valence-corrected chi connectivity index (χ1v) is 7.15. The normalized spacial score (nSPS) is 12.7. The van der Waals surface area contributed by atoms with Crippen LogP contribution in [-0.4, -0.2) is 25.7 Å². The number of aryl methyl sites for hydroxylation is 1. The maximum Gasteiger partial charge on any atom is 0.241 e. The molecule has 0 bridgehead atoms. The smallest absolute Gasteiger partial charge is 0.241 e. The molecule has 5 nitrogen and oxygen atoms in total.